The molecule has 0 aromatic heterocycles. The summed E-state index contributed by atoms with van der Waals surface area (Å²) < 4.78 is 1.06. The number of nitrogens with zero attached hydrogens (tertiary/aromatic N) is 1. The molecular formula is C15H13BrN2. The number of hydrogen-bond acceptors (Lipinski definition) is 2. The summed E-state index contributed by atoms with van der Waals surface area (Å²) in [6.07, 6.45) is 0. The lowest BCUT2D eigenvalue weighted by molar-refractivity contribution is 1.13. The van der Waals surface area contributed by atoms with Crippen molar-refractivity contribution < 1.29 is 0 Å². The highest BCUT2D eigenvalue weighted by Crippen LogP contribution is 2.21. The molecule has 2 rings (SSSR count). The summed E-state index contributed by atoms with van der Waals surface area (Å²) in [4.78, 5) is 0. The highest BCUT2D eigenvalue weighted by molar-refractivity contribution is 9.10. The number of para-hydroxylation sites is 1. The molecule has 0 aliphatic carbocycles. The van der Waals surface area contributed by atoms with Gasteiger partial charge in [-0.2, -0.15) is 5.26 Å². The Kier molecular flexibility index (Phi) is 4.01. The average molecular weight is 301 g/mol. The van der Waals surface area contributed by atoms with E-state index in [1.165, 1.54) is 5.56 Å². The molecule has 2 nitrogen and oxygen atoms in total. The number of benzene rings is 2. The molecule has 2 aromatic rings. The number of nitriles is 1. The van der Waals surface area contributed by atoms with Crippen molar-refractivity contribution in [2.45, 2.75) is 13.5 Å². The molecule has 90 valence electrons. The van der Waals surface area contributed by atoms with E-state index in [2.05, 4.69) is 39.4 Å². The molecule has 0 radical (unpaired) electrons. The van der Waals surface area contributed by atoms with Crippen LogP contribution in [0.4, 0.5) is 5.69 Å². The summed E-state index contributed by atoms with van der Waals surface area (Å²) in [6.45, 7) is 2.71. The van der Waals surface area contributed by atoms with Crippen molar-refractivity contribution in [1.82, 2.24) is 0 Å². The SMILES string of the molecule is Cc1cccc(C#N)c1NCc1cccc(Br)c1. The van der Waals surface area contributed by atoms with E-state index in [1.807, 2.05) is 37.3 Å². The molecule has 3 heteroatoms. The van der Waals surface area contributed by atoms with Gasteiger partial charge in [-0.1, -0.05) is 40.2 Å². The van der Waals surface area contributed by atoms with Crippen molar-refractivity contribution in [1.29, 1.82) is 5.26 Å². The summed E-state index contributed by atoms with van der Waals surface area (Å²) in [6, 6.07) is 16.1. The zero-order valence-electron chi connectivity index (χ0n) is 10.1. The summed E-state index contributed by atoms with van der Waals surface area (Å²) in [5.41, 5.74) is 3.87. The third kappa shape index (κ3) is 2.91. The second kappa shape index (κ2) is 5.70. The van der Waals surface area contributed by atoms with E-state index < -0.39 is 0 Å². The van der Waals surface area contributed by atoms with Gasteiger partial charge >= 0.3 is 0 Å². The molecule has 18 heavy (non-hydrogen) atoms. The highest BCUT2D eigenvalue weighted by Gasteiger charge is 2.04. The van der Waals surface area contributed by atoms with Crippen LogP contribution in [-0.2, 0) is 6.54 Å². The van der Waals surface area contributed by atoms with Gasteiger partial charge in [0, 0.05) is 11.0 Å². The Morgan fingerprint density at radius 2 is 2.00 bits per heavy atom. The zero-order valence-corrected chi connectivity index (χ0v) is 11.7. The third-order valence-corrected chi connectivity index (χ3v) is 3.24. The second-order valence-corrected chi connectivity index (χ2v) is 5.01. The van der Waals surface area contributed by atoms with Crippen LogP contribution in [-0.4, -0.2) is 0 Å². The minimum absolute atomic E-state index is 0.685. The third-order valence-electron chi connectivity index (χ3n) is 2.75. The Balaban J connectivity index is 2.18. The van der Waals surface area contributed by atoms with Crippen LogP contribution in [0.3, 0.4) is 0 Å². The maximum atomic E-state index is 9.09. The first-order valence-corrected chi connectivity index (χ1v) is 6.48. The smallest absolute Gasteiger partial charge is 0.101 e. The van der Waals surface area contributed by atoms with E-state index in [9.17, 15) is 0 Å². The normalized spacial score (nSPS) is 9.83. The van der Waals surface area contributed by atoms with Crippen LogP contribution in [0.25, 0.3) is 0 Å². The van der Waals surface area contributed by atoms with Crippen molar-refractivity contribution in [3.05, 3.63) is 63.6 Å². The molecule has 2 aromatic carbocycles. The molecule has 0 saturated carbocycles. The fourth-order valence-corrected chi connectivity index (χ4v) is 2.28. The van der Waals surface area contributed by atoms with Crippen molar-refractivity contribution in [3.8, 4) is 6.07 Å². The quantitative estimate of drug-likeness (QED) is 0.920. The van der Waals surface area contributed by atoms with Gasteiger partial charge in [-0.25, -0.2) is 0 Å². The molecular weight excluding hydrogens is 288 g/mol. The maximum absolute atomic E-state index is 9.09. The van der Waals surface area contributed by atoms with Gasteiger partial charge in [-0.05, 0) is 36.2 Å². The topological polar surface area (TPSA) is 35.8 Å². The van der Waals surface area contributed by atoms with Gasteiger partial charge in [0.15, 0.2) is 0 Å². The van der Waals surface area contributed by atoms with Crippen molar-refractivity contribution in [2.24, 2.45) is 0 Å². The van der Waals surface area contributed by atoms with Gasteiger partial charge in [0.1, 0.15) is 6.07 Å². The van der Waals surface area contributed by atoms with E-state index >= 15 is 0 Å². The van der Waals surface area contributed by atoms with Crippen LogP contribution in [0.5, 0.6) is 0 Å². The molecule has 0 heterocycles. The molecule has 0 spiro atoms. The highest BCUT2D eigenvalue weighted by atomic mass is 79.9. The number of aryl methyl sites for hydroxylation is 1. The Bertz CT molecular complexity index is 600. The predicted octanol–water partition coefficient (Wildman–Crippen LogP) is 4.24. The van der Waals surface area contributed by atoms with E-state index in [-0.39, 0.29) is 0 Å². The Labute approximate surface area is 115 Å². The largest absolute Gasteiger partial charge is 0.380 e. The van der Waals surface area contributed by atoms with Crippen LogP contribution in [0.1, 0.15) is 16.7 Å². The molecule has 0 atom stereocenters. The summed E-state index contributed by atoms with van der Waals surface area (Å²) in [5, 5.41) is 12.4. The first kappa shape index (κ1) is 12.7. The lowest BCUT2D eigenvalue weighted by Gasteiger charge is -2.11. The summed E-state index contributed by atoms with van der Waals surface area (Å²) >= 11 is 3.45. The number of anilines is 1. The van der Waals surface area contributed by atoms with Gasteiger partial charge in [0.25, 0.3) is 0 Å². The lowest BCUT2D eigenvalue weighted by Crippen LogP contribution is -2.03. The molecule has 0 aliphatic heterocycles. The van der Waals surface area contributed by atoms with Crippen LogP contribution < -0.4 is 5.32 Å². The van der Waals surface area contributed by atoms with E-state index in [4.69, 9.17) is 5.26 Å². The van der Waals surface area contributed by atoms with Crippen LogP contribution in [0, 0.1) is 18.3 Å². The molecule has 0 bridgehead atoms. The molecule has 0 fully saturated rings. The van der Waals surface area contributed by atoms with Crippen molar-refractivity contribution >= 4 is 21.6 Å². The van der Waals surface area contributed by atoms with Gasteiger partial charge in [-0.3, -0.25) is 0 Å². The Morgan fingerprint density at radius 3 is 2.72 bits per heavy atom. The fraction of sp³-hybridized carbons (Fsp3) is 0.133. The van der Waals surface area contributed by atoms with Gasteiger partial charge < -0.3 is 5.32 Å². The van der Waals surface area contributed by atoms with Crippen LogP contribution >= 0.6 is 15.9 Å². The lowest BCUT2D eigenvalue weighted by atomic mass is 10.1. The maximum Gasteiger partial charge on any atom is 0.101 e. The Hall–Kier alpha value is -1.79. The summed E-state index contributed by atoms with van der Waals surface area (Å²) in [5.74, 6) is 0. The van der Waals surface area contributed by atoms with Gasteiger partial charge in [0.2, 0.25) is 0 Å². The standard InChI is InChI=1S/C15H13BrN2/c1-11-4-2-6-13(9-17)15(11)18-10-12-5-3-7-14(16)8-12/h2-8,18H,10H2,1H3. The monoisotopic (exact) mass is 300 g/mol. The minimum atomic E-state index is 0.685. The molecule has 0 amide bonds. The minimum Gasteiger partial charge on any atom is -0.380 e. The van der Waals surface area contributed by atoms with Crippen LogP contribution in [0.15, 0.2) is 46.9 Å². The fourth-order valence-electron chi connectivity index (χ4n) is 1.83. The summed E-state index contributed by atoms with van der Waals surface area (Å²) in [7, 11) is 0. The van der Waals surface area contributed by atoms with Gasteiger partial charge in [0.05, 0.1) is 11.3 Å². The predicted molar refractivity (Wildman–Crippen MR) is 77.4 cm³/mol. The zero-order chi connectivity index (χ0) is 13.0. The first-order valence-electron chi connectivity index (χ1n) is 5.69. The first-order chi connectivity index (χ1) is 8.70. The number of halogens is 1. The second-order valence-electron chi connectivity index (χ2n) is 4.09. The number of rotatable bonds is 3. The van der Waals surface area contributed by atoms with Crippen molar-refractivity contribution in [2.75, 3.05) is 5.32 Å². The van der Waals surface area contributed by atoms with E-state index in [0.717, 1.165) is 15.7 Å². The number of hydrogen-bond donors (Lipinski definition) is 1. The Morgan fingerprint density at radius 1 is 1.22 bits per heavy atom. The molecule has 0 unspecified atom stereocenters. The van der Waals surface area contributed by atoms with Crippen LogP contribution in [0.2, 0.25) is 0 Å². The number of nitrogens with one attached hydrogen (secondary N) is 1. The molecule has 1 N–H and O–H groups in total. The molecule has 0 saturated heterocycles. The average Bonchev–Trinajstić information content (AvgIpc) is 2.37. The molecule has 0 aliphatic rings. The van der Waals surface area contributed by atoms with Crippen molar-refractivity contribution in [3.63, 3.8) is 0 Å². The van der Waals surface area contributed by atoms with Gasteiger partial charge in [-0.15, -0.1) is 0 Å². The van der Waals surface area contributed by atoms with E-state index in [1.54, 1.807) is 0 Å². The van der Waals surface area contributed by atoms with E-state index in [0.29, 0.717) is 12.1 Å².